The maximum atomic E-state index is 12.6. The molecule has 2 aromatic rings. The Bertz CT molecular complexity index is 1040. The number of nitriles is 1. The number of benzene rings is 1. The van der Waals surface area contributed by atoms with Gasteiger partial charge < -0.3 is 9.67 Å². The van der Waals surface area contributed by atoms with E-state index in [-0.39, 0.29) is 29.6 Å². The second-order valence-corrected chi connectivity index (χ2v) is 8.05. The molecule has 0 fully saturated rings. The second kappa shape index (κ2) is 9.08. The zero-order valence-electron chi connectivity index (χ0n) is 17.7. The predicted molar refractivity (Wildman–Crippen MR) is 113 cm³/mol. The molecule has 6 nitrogen and oxygen atoms in total. The molecule has 30 heavy (non-hydrogen) atoms. The average Bonchev–Trinajstić information content (AvgIpc) is 3.04. The lowest BCUT2D eigenvalue weighted by molar-refractivity contribution is -0.137. The van der Waals surface area contributed by atoms with Gasteiger partial charge in [0.15, 0.2) is 5.78 Å². The zero-order chi connectivity index (χ0) is 21.8. The summed E-state index contributed by atoms with van der Waals surface area (Å²) < 4.78 is 2.13. The molecule has 2 atom stereocenters. The lowest BCUT2D eigenvalue weighted by Crippen LogP contribution is -2.22. The van der Waals surface area contributed by atoms with Crippen molar-refractivity contribution >= 4 is 11.8 Å². The van der Waals surface area contributed by atoms with Crippen molar-refractivity contribution in [1.82, 2.24) is 9.55 Å². The second-order valence-electron chi connectivity index (χ2n) is 8.05. The number of imidazole rings is 1. The van der Waals surface area contributed by atoms with Crippen molar-refractivity contribution in [3.63, 3.8) is 0 Å². The summed E-state index contributed by atoms with van der Waals surface area (Å²) in [6.07, 6.45) is 4.32. The van der Waals surface area contributed by atoms with Gasteiger partial charge in [0, 0.05) is 30.1 Å². The average molecular weight is 405 g/mol. The number of ketones is 1. The summed E-state index contributed by atoms with van der Waals surface area (Å²) in [5, 5.41) is 18.4. The van der Waals surface area contributed by atoms with Gasteiger partial charge in [-0.05, 0) is 49.8 Å². The number of rotatable bonds is 4. The van der Waals surface area contributed by atoms with Gasteiger partial charge in [-0.2, -0.15) is 5.26 Å². The van der Waals surface area contributed by atoms with Crippen LogP contribution in [0.5, 0.6) is 0 Å². The number of aliphatic carboxylic acids is 1. The van der Waals surface area contributed by atoms with Gasteiger partial charge >= 0.3 is 5.97 Å². The quantitative estimate of drug-likeness (QED) is 0.830. The van der Waals surface area contributed by atoms with Crippen molar-refractivity contribution in [2.75, 3.05) is 0 Å². The van der Waals surface area contributed by atoms with E-state index in [1.165, 1.54) is 0 Å². The Morgan fingerprint density at radius 2 is 2.13 bits per heavy atom. The molecule has 0 saturated heterocycles. The molecule has 1 N–H and O–H groups in total. The highest BCUT2D eigenvalue weighted by Crippen LogP contribution is 2.28. The minimum atomic E-state index is -0.811. The standard InChI is InChI=1S/C24H27N3O3/c1-15-7-11-22-21(10-9-19(14-25)24(30)16(15)2)26-17(3)27(22)20-6-4-5-18(13-20)8-12-23(28)29/h4-6,9,13,15-16H,7-8,10-12H2,1-3H3,(H,28,29)/b19-9-/t15-,16-/m0/s1. The SMILES string of the molecule is Cc1nc2c(n1-c1cccc(CCC(=O)O)c1)CC[C@H](C)[C@H](C)C(=O)/C(C#N)=C\C2. The molecule has 1 aliphatic rings. The van der Waals surface area contributed by atoms with Gasteiger partial charge in [0.05, 0.1) is 11.3 Å². The van der Waals surface area contributed by atoms with E-state index in [4.69, 9.17) is 10.1 Å². The number of aromatic nitrogens is 2. The first-order chi connectivity index (χ1) is 14.3. The maximum absolute atomic E-state index is 12.6. The van der Waals surface area contributed by atoms with Crippen LogP contribution in [0.4, 0.5) is 0 Å². The van der Waals surface area contributed by atoms with Gasteiger partial charge in [0.1, 0.15) is 11.9 Å². The van der Waals surface area contributed by atoms with Crippen molar-refractivity contribution in [1.29, 1.82) is 5.26 Å². The van der Waals surface area contributed by atoms with E-state index in [0.29, 0.717) is 12.8 Å². The summed E-state index contributed by atoms with van der Waals surface area (Å²) in [5.41, 5.74) is 4.11. The third-order valence-corrected chi connectivity index (χ3v) is 6.01. The molecule has 0 spiro atoms. The molecular formula is C24H27N3O3. The van der Waals surface area contributed by atoms with E-state index < -0.39 is 5.97 Å². The fraction of sp³-hybridized carbons (Fsp3) is 0.417. The van der Waals surface area contributed by atoms with Gasteiger partial charge in [-0.3, -0.25) is 9.59 Å². The molecule has 6 heteroatoms. The van der Waals surface area contributed by atoms with E-state index in [1.807, 2.05) is 38.1 Å². The molecule has 0 saturated carbocycles. The zero-order valence-corrected chi connectivity index (χ0v) is 17.7. The van der Waals surface area contributed by atoms with Crippen LogP contribution in [0.1, 0.15) is 49.5 Å². The number of allylic oxidation sites excluding steroid dienone is 2. The molecule has 0 unspecified atom stereocenters. The first-order valence-corrected chi connectivity index (χ1v) is 10.3. The molecule has 1 heterocycles. The number of nitrogens with zero attached hydrogens (tertiary/aromatic N) is 3. The van der Waals surface area contributed by atoms with Gasteiger partial charge in [0.2, 0.25) is 0 Å². The molecule has 1 aromatic carbocycles. The Morgan fingerprint density at radius 1 is 1.37 bits per heavy atom. The molecule has 156 valence electrons. The minimum Gasteiger partial charge on any atom is -0.481 e. The lowest BCUT2D eigenvalue weighted by Gasteiger charge is -2.21. The molecular weight excluding hydrogens is 378 g/mol. The molecule has 0 bridgehead atoms. The van der Waals surface area contributed by atoms with Gasteiger partial charge in [-0.15, -0.1) is 0 Å². The monoisotopic (exact) mass is 405 g/mol. The fourth-order valence-corrected chi connectivity index (χ4v) is 4.02. The van der Waals surface area contributed by atoms with E-state index in [2.05, 4.69) is 17.6 Å². The summed E-state index contributed by atoms with van der Waals surface area (Å²) in [4.78, 5) is 28.3. The highest BCUT2D eigenvalue weighted by Gasteiger charge is 2.26. The number of carboxylic acid groups (broad SMARTS) is 1. The summed E-state index contributed by atoms with van der Waals surface area (Å²) >= 11 is 0. The fourth-order valence-electron chi connectivity index (χ4n) is 4.02. The van der Waals surface area contributed by atoms with Crippen LogP contribution in [0.2, 0.25) is 0 Å². The van der Waals surface area contributed by atoms with Crippen LogP contribution in [0.3, 0.4) is 0 Å². The largest absolute Gasteiger partial charge is 0.481 e. The number of fused-ring (bicyclic) bond motifs is 1. The Kier molecular flexibility index (Phi) is 6.51. The number of carboxylic acids is 1. The van der Waals surface area contributed by atoms with Crippen LogP contribution in [0, 0.1) is 30.1 Å². The van der Waals surface area contributed by atoms with Crippen molar-refractivity contribution in [2.24, 2.45) is 11.8 Å². The third kappa shape index (κ3) is 4.51. The molecule has 3 rings (SSSR count). The Balaban J connectivity index is 2.04. The number of hydrogen-bond donors (Lipinski definition) is 1. The van der Waals surface area contributed by atoms with E-state index >= 15 is 0 Å². The minimum absolute atomic E-state index is 0.0873. The Morgan fingerprint density at radius 3 is 2.83 bits per heavy atom. The van der Waals surface area contributed by atoms with E-state index in [0.717, 1.165) is 41.3 Å². The van der Waals surface area contributed by atoms with Crippen LogP contribution in [-0.2, 0) is 28.9 Å². The van der Waals surface area contributed by atoms with Crippen molar-refractivity contribution in [3.8, 4) is 11.8 Å². The number of Topliss-reactive ketones (excluding diaryl/α,β-unsaturated/α-hetero) is 1. The number of hydrogen-bond acceptors (Lipinski definition) is 4. The number of carbonyl (C=O) groups excluding carboxylic acids is 1. The predicted octanol–water partition coefficient (Wildman–Crippen LogP) is 3.98. The summed E-state index contributed by atoms with van der Waals surface area (Å²) in [6.45, 7) is 5.90. The lowest BCUT2D eigenvalue weighted by atomic mass is 9.84. The third-order valence-electron chi connectivity index (χ3n) is 6.01. The molecule has 1 aliphatic carbocycles. The smallest absolute Gasteiger partial charge is 0.303 e. The van der Waals surface area contributed by atoms with Crippen LogP contribution < -0.4 is 0 Å². The van der Waals surface area contributed by atoms with E-state index in [1.54, 1.807) is 6.08 Å². The molecule has 1 aromatic heterocycles. The number of aryl methyl sites for hydroxylation is 2. The Labute approximate surface area is 176 Å². The molecule has 0 radical (unpaired) electrons. The molecule has 0 amide bonds. The van der Waals surface area contributed by atoms with Crippen LogP contribution >= 0.6 is 0 Å². The summed E-state index contributed by atoms with van der Waals surface area (Å²) in [7, 11) is 0. The van der Waals surface area contributed by atoms with E-state index in [9.17, 15) is 14.9 Å². The van der Waals surface area contributed by atoms with Crippen molar-refractivity contribution in [2.45, 2.75) is 52.9 Å². The van der Waals surface area contributed by atoms with Crippen LogP contribution in [0.15, 0.2) is 35.9 Å². The van der Waals surface area contributed by atoms with Crippen molar-refractivity contribution < 1.29 is 14.7 Å². The Hall–Kier alpha value is -3.20. The summed E-state index contributed by atoms with van der Waals surface area (Å²) in [6, 6.07) is 9.96. The normalized spacial score (nSPS) is 21.3. The van der Waals surface area contributed by atoms with Gasteiger partial charge in [0.25, 0.3) is 0 Å². The topological polar surface area (TPSA) is 96.0 Å². The highest BCUT2D eigenvalue weighted by atomic mass is 16.4. The van der Waals surface area contributed by atoms with Crippen molar-refractivity contribution in [3.05, 3.63) is 58.7 Å². The highest BCUT2D eigenvalue weighted by molar-refractivity contribution is 6.00. The summed E-state index contributed by atoms with van der Waals surface area (Å²) in [5.74, 6) is -0.112. The van der Waals surface area contributed by atoms with Gasteiger partial charge in [-0.25, -0.2) is 4.98 Å². The first kappa shape index (κ1) is 21.5. The number of carbonyl (C=O) groups is 2. The van der Waals surface area contributed by atoms with Gasteiger partial charge in [-0.1, -0.05) is 32.1 Å². The molecule has 0 aliphatic heterocycles. The maximum Gasteiger partial charge on any atom is 0.303 e. The van der Waals surface area contributed by atoms with Crippen LogP contribution in [-0.4, -0.2) is 26.4 Å². The first-order valence-electron chi connectivity index (χ1n) is 10.3. The van der Waals surface area contributed by atoms with Crippen LogP contribution in [0.25, 0.3) is 5.69 Å².